The van der Waals surface area contributed by atoms with E-state index in [1.807, 2.05) is 6.92 Å². The lowest BCUT2D eigenvalue weighted by Crippen LogP contribution is -2.45. The van der Waals surface area contributed by atoms with E-state index in [1.165, 1.54) is 0 Å². The first-order chi connectivity index (χ1) is 10.9. The molecule has 3 saturated heterocycles. The number of ether oxygens (including phenoxy) is 2. The molecule has 0 aliphatic carbocycles. The minimum Gasteiger partial charge on any atom is -0.376 e. The third kappa shape index (κ3) is 3.11. The summed E-state index contributed by atoms with van der Waals surface area (Å²) in [6, 6.07) is -0.191. The van der Waals surface area contributed by atoms with Crippen molar-refractivity contribution < 1.29 is 27.2 Å². The number of nitrogens with one attached hydrogen (secondary N) is 1. The van der Waals surface area contributed by atoms with Crippen LogP contribution in [0.5, 0.6) is 0 Å². The van der Waals surface area contributed by atoms with Gasteiger partial charge in [-0.2, -0.15) is 0 Å². The molecule has 3 aliphatic heterocycles. The highest BCUT2D eigenvalue weighted by Crippen LogP contribution is 2.50. The van der Waals surface area contributed by atoms with Crippen molar-refractivity contribution in [2.24, 2.45) is 5.92 Å². The monoisotopic (exact) mass is 310 g/mol. The summed E-state index contributed by atoms with van der Waals surface area (Å²) in [4.78, 5) is 0. The summed E-state index contributed by atoms with van der Waals surface area (Å²) in [5, 5.41) is 2.93. The smallest absolute Gasteiger partial charge is 0.376 e. The standard InChI is InChI=1S/C13H24NO5P/c1-9-3-6-17-13(9)11-4-8-18-20(15,14-11)19-12-5-7-16-10(12)2/h9-13H,3-8H2,1-2H3,(H,14,15)/t9-,10+,11+,12-,13-,20+/m0/s1/i2D,6T,7T/t6-,7-,9+,10-,11-,12+,13+,20-/m1. The topological polar surface area (TPSA) is 66.0 Å². The van der Waals surface area contributed by atoms with Gasteiger partial charge in [0, 0.05) is 27.0 Å². The maximum atomic E-state index is 12.9. The third-order valence-electron chi connectivity index (χ3n) is 3.98. The van der Waals surface area contributed by atoms with Gasteiger partial charge in [-0.25, -0.2) is 9.65 Å². The normalized spacial score (nSPS) is 59.0. The lowest BCUT2D eigenvalue weighted by atomic mass is 9.96. The molecule has 20 heavy (non-hydrogen) atoms. The van der Waals surface area contributed by atoms with E-state index >= 15 is 0 Å². The maximum absolute atomic E-state index is 12.9. The highest BCUT2D eigenvalue weighted by molar-refractivity contribution is 7.51. The van der Waals surface area contributed by atoms with E-state index in [2.05, 4.69) is 5.09 Å². The molecule has 6 nitrogen and oxygen atoms in total. The van der Waals surface area contributed by atoms with Crippen molar-refractivity contribution in [2.75, 3.05) is 19.8 Å². The van der Waals surface area contributed by atoms with Gasteiger partial charge in [-0.15, -0.1) is 0 Å². The lowest BCUT2D eigenvalue weighted by Gasteiger charge is -2.35. The molecule has 3 aliphatic rings. The van der Waals surface area contributed by atoms with Crippen molar-refractivity contribution in [1.29, 1.82) is 0 Å². The fraction of sp³-hybridized carbons (Fsp3) is 1.00. The molecule has 0 bridgehead atoms. The van der Waals surface area contributed by atoms with Crippen LogP contribution >= 0.6 is 7.75 Å². The number of hydrogen-bond donors (Lipinski definition) is 1. The van der Waals surface area contributed by atoms with Crippen molar-refractivity contribution in [1.82, 2.24) is 5.09 Å². The Balaban J connectivity index is 1.64. The van der Waals surface area contributed by atoms with Gasteiger partial charge < -0.3 is 9.47 Å². The van der Waals surface area contributed by atoms with E-state index in [0.29, 0.717) is 12.8 Å². The molecule has 8 atom stereocenters. The van der Waals surface area contributed by atoms with Crippen molar-refractivity contribution in [2.45, 2.75) is 57.4 Å². The van der Waals surface area contributed by atoms with Gasteiger partial charge in [-0.3, -0.25) is 9.05 Å². The molecular formula is C13H24NO5P. The molecule has 3 fully saturated rings. The summed E-state index contributed by atoms with van der Waals surface area (Å²) in [5.74, 6) is 0.204. The second-order valence-electron chi connectivity index (χ2n) is 5.56. The van der Waals surface area contributed by atoms with Crippen LogP contribution in [0.3, 0.4) is 0 Å². The van der Waals surface area contributed by atoms with Gasteiger partial charge in [-0.05, 0) is 25.7 Å². The zero-order valence-corrected chi connectivity index (χ0v) is 12.5. The predicted molar refractivity (Wildman–Crippen MR) is 73.5 cm³/mol. The van der Waals surface area contributed by atoms with Gasteiger partial charge in [0.15, 0.2) is 0 Å². The fourth-order valence-electron chi connectivity index (χ4n) is 2.78. The molecular weight excluding hydrogens is 281 g/mol. The van der Waals surface area contributed by atoms with Gasteiger partial charge in [0.1, 0.15) is 0 Å². The number of hydrogen-bond acceptors (Lipinski definition) is 5. The summed E-state index contributed by atoms with van der Waals surface area (Å²) in [7, 11) is -3.53. The van der Waals surface area contributed by atoms with Gasteiger partial charge in [0.05, 0.1) is 27.7 Å². The largest absolute Gasteiger partial charge is 0.406 e. The van der Waals surface area contributed by atoms with E-state index in [0.717, 1.165) is 0 Å². The van der Waals surface area contributed by atoms with Gasteiger partial charge >= 0.3 is 7.75 Å². The minimum absolute atomic E-state index is 0.0488. The van der Waals surface area contributed by atoms with E-state index in [1.54, 1.807) is 0 Å². The molecule has 0 aromatic heterocycles. The van der Waals surface area contributed by atoms with E-state index in [-0.39, 0.29) is 38.0 Å². The Morgan fingerprint density at radius 2 is 2.25 bits per heavy atom. The Morgan fingerprint density at radius 3 is 3.00 bits per heavy atom. The zero-order valence-electron chi connectivity index (χ0n) is 14.6. The molecule has 1 N–H and O–H groups in total. The zero-order chi connectivity index (χ0) is 16.6. The molecule has 0 spiro atoms. The van der Waals surface area contributed by atoms with Crippen LogP contribution in [0, 0.1) is 5.92 Å². The maximum Gasteiger partial charge on any atom is 0.406 e. The highest BCUT2D eigenvalue weighted by atomic mass is 31.2. The quantitative estimate of drug-likeness (QED) is 0.805. The first-order valence-electron chi connectivity index (χ1n) is 8.92. The molecule has 0 unspecified atom stereocenters. The van der Waals surface area contributed by atoms with Crippen LogP contribution in [0.25, 0.3) is 0 Å². The average molecular weight is 310 g/mol. The Hall–Kier alpha value is 0.0300. The van der Waals surface area contributed by atoms with Crippen LogP contribution in [0.4, 0.5) is 0 Å². The fourth-order valence-corrected chi connectivity index (χ4v) is 4.59. The van der Waals surface area contributed by atoms with E-state index < -0.39 is 33.1 Å². The summed E-state index contributed by atoms with van der Waals surface area (Å²) in [6.07, 6.45) is 0.237. The van der Waals surface area contributed by atoms with Crippen LogP contribution in [0.2, 0.25) is 0 Å². The Kier molecular flexibility index (Phi) is 3.49. The predicted octanol–water partition coefficient (Wildman–Crippen LogP) is 2.09. The lowest BCUT2D eigenvalue weighted by molar-refractivity contribution is 0.0268. The van der Waals surface area contributed by atoms with Gasteiger partial charge in [-0.1, -0.05) is 6.92 Å². The van der Waals surface area contributed by atoms with Crippen molar-refractivity contribution in [3.05, 3.63) is 0 Å². The molecule has 116 valence electrons. The van der Waals surface area contributed by atoms with Gasteiger partial charge in [0.25, 0.3) is 0 Å². The van der Waals surface area contributed by atoms with Crippen LogP contribution in [-0.2, 0) is 23.1 Å². The summed E-state index contributed by atoms with van der Waals surface area (Å²) < 4.78 is 57.5. The Morgan fingerprint density at radius 1 is 1.40 bits per heavy atom. The minimum atomic E-state index is -3.53. The Labute approximate surface area is 124 Å². The summed E-state index contributed by atoms with van der Waals surface area (Å²) in [6.45, 7) is 0.957. The third-order valence-corrected chi connectivity index (χ3v) is 5.70. The second-order valence-corrected chi connectivity index (χ2v) is 7.28. The second kappa shape index (κ2) is 6.03. The first kappa shape index (κ1) is 11.6. The summed E-state index contributed by atoms with van der Waals surface area (Å²) in [5.41, 5.74) is 0. The highest BCUT2D eigenvalue weighted by Gasteiger charge is 2.43. The van der Waals surface area contributed by atoms with Gasteiger partial charge in [0.2, 0.25) is 0 Å². The van der Waals surface area contributed by atoms with Crippen molar-refractivity contribution >= 4 is 7.75 Å². The van der Waals surface area contributed by atoms with E-state index in [4.69, 9.17) is 22.6 Å². The Bertz CT molecular complexity index is 473. The first-order valence-corrected chi connectivity index (χ1v) is 8.60. The molecule has 0 aromatic rings. The molecule has 3 rings (SSSR count). The van der Waals surface area contributed by atoms with Crippen molar-refractivity contribution in [3.8, 4) is 0 Å². The van der Waals surface area contributed by atoms with E-state index in [9.17, 15) is 4.57 Å². The van der Waals surface area contributed by atoms with Crippen LogP contribution < -0.4 is 5.09 Å². The number of rotatable bonds is 3. The molecule has 0 saturated carbocycles. The molecule has 0 amide bonds. The van der Waals surface area contributed by atoms with Crippen LogP contribution in [-0.4, -0.2) is 44.1 Å². The SMILES string of the molecule is [2H]C[C@H]1O[C@H]([3H])C[C@@H]1O[P@@]1(=O)N[C@@H]([C@H]2O[C@H]([3H])C[C@@H]2C)CCO1. The average Bonchev–Trinajstić information content (AvgIpc) is 3.00. The molecule has 0 aromatic carbocycles. The molecule has 7 heteroatoms. The van der Waals surface area contributed by atoms with Crippen molar-refractivity contribution in [3.63, 3.8) is 0 Å². The van der Waals surface area contributed by atoms with Crippen LogP contribution in [0.1, 0.15) is 37.2 Å². The summed E-state index contributed by atoms with van der Waals surface area (Å²) >= 11 is 0. The van der Waals surface area contributed by atoms with Crippen LogP contribution in [0.15, 0.2) is 0 Å². The molecule has 3 heterocycles. The molecule has 0 radical (unpaired) electrons.